The molecule has 3 nitrogen and oxygen atoms in total. The summed E-state index contributed by atoms with van der Waals surface area (Å²) < 4.78 is 5.68. The molecule has 2 aliphatic rings. The number of nitrogens with one attached hydrogen (secondary N) is 1. The van der Waals surface area contributed by atoms with E-state index in [9.17, 15) is 0 Å². The molecule has 1 atom stereocenters. The van der Waals surface area contributed by atoms with Crippen molar-refractivity contribution in [2.45, 2.75) is 38.1 Å². The first-order chi connectivity index (χ1) is 9.33. The second-order valence-electron chi connectivity index (χ2n) is 5.77. The number of benzene rings is 1. The van der Waals surface area contributed by atoms with Crippen LogP contribution < -0.4 is 15.0 Å². The van der Waals surface area contributed by atoms with Crippen molar-refractivity contribution in [3.63, 3.8) is 0 Å². The van der Waals surface area contributed by atoms with E-state index in [2.05, 4.69) is 35.5 Å². The summed E-state index contributed by atoms with van der Waals surface area (Å²) in [7, 11) is 2.20. The number of hydrogen-bond acceptors (Lipinski definition) is 3. The molecule has 0 radical (unpaired) electrons. The Morgan fingerprint density at radius 2 is 2.26 bits per heavy atom. The molecular weight excluding hydrogens is 236 g/mol. The van der Waals surface area contributed by atoms with E-state index in [0.717, 1.165) is 31.7 Å². The molecule has 3 rings (SSSR count). The second kappa shape index (κ2) is 5.83. The van der Waals surface area contributed by atoms with Crippen molar-refractivity contribution in [1.82, 2.24) is 5.32 Å². The number of likely N-dealkylation sites (N-methyl/N-ethyl adjacent to an activating group) is 1. The Hall–Kier alpha value is -1.22. The number of aryl methyl sites for hydroxylation is 1. The van der Waals surface area contributed by atoms with Gasteiger partial charge in [0.1, 0.15) is 5.75 Å². The van der Waals surface area contributed by atoms with E-state index in [-0.39, 0.29) is 0 Å². The van der Waals surface area contributed by atoms with Gasteiger partial charge in [-0.2, -0.15) is 0 Å². The number of rotatable bonds is 3. The lowest BCUT2D eigenvalue weighted by molar-refractivity contribution is 0.288. The van der Waals surface area contributed by atoms with Crippen molar-refractivity contribution < 1.29 is 4.74 Å². The Bertz CT molecular complexity index is 427. The molecule has 1 N–H and O–H groups in total. The summed E-state index contributed by atoms with van der Waals surface area (Å²) in [6.07, 6.45) is 6.29. The van der Waals surface area contributed by atoms with Gasteiger partial charge in [-0.05, 0) is 56.0 Å². The van der Waals surface area contributed by atoms with Crippen LogP contribution in [0.15, 0.2) is 18.2 Å². The van der Waals surface area contributed by atoms with Gasteiger partial charge in [-0.1, -0.05) is 6.42 Å². The number of ether oxygens (including phenoxy) is 1. The minimum Gasteiger partial charge on any atom is -0.493 e. The molecule has 104 valence electrons. The van der Waals surface area contributed by atoms with Crippen LogP contribution >= 0.6 is 0 Å². The van der Waals surface area contributed by atoms with E-state index >= 15 is 0 Å². The summed E-state index contributed by atoms with van der Waals surface area (Å²) in [5, 5.41) is 3.62. The zero-order valence-electron chi connectivity index (χ0n) is 11.8. The van der Waals surface area contributed by atoms with Gasteiger partial charge >= 0.3 is 0 Å². The smallest absolute Gasteiger partial charge is 0.122 e. The number of anilines is 1. The standard InChI is InChI=1S/C16H24N2O/c1-18(12-14-6-2-3-9-17-14)15-7-8-16-13(11-15)5-4-10-19-16/h7-8,11,14,17H,2-6,9-10,12H2,1H3. The van der Waals surface area contributed by atoms with Crippen molar-refractivity contribution in [2.75, 3.05) is 31.6 Å². The molecular formula is C16H24N2O. The molecule has 1 aromatic carbocycles. The summed E-state index contributed by atoms with van der Waals surface area (Å²) in [5.41, 5.74) is 2.68. The molecule has 3 heteroatoms. The van der Waals surface area contributed by atoms with Crippen LogP contribution in [0.5, 0.6) is 5.75 Å². The highest BCUT2D eigenvalue weighted by Gasteiger charge is 2.16. The molecule has 0 spiro atoms. The first-order valence-corrected chi connectivity index (χ1v) is 7.53. The van der Waals surface area contributed by atoms with Crippen molar-refractivity contribution in [2.24, 2.45) is 0 Å². The summed E-state index contributed by atoms with van der Waals surface area (Å²) >= 11 is 0. The van der Waals surface area contributed by atoms with Crippen LogP contribution in [0.25, 0.3) is 0 Å². The Morgan fingerprint density at radius 1 is 1.32 bits per heavy atom. The highest BCUT2D eigenvalue weighted by atomic mass is 16.5. The van der Waals surface area contributed by atoms with Crippen molar-refractivity contribution in [3.8, 4) is 5.75 Å². The van der Waals surface area contributed by atoms with Gasteiger partial charge < -0.3 is 15.0 Å². The molecule has 2 heterocycles. The molecule has 2 aliphatic heterocycles. The van der Waals surface area contributed by atoms with Crippen LogP contribution in [-0.2, 0) is 6.42 Å². The zero-order chi connectivity index (χ0) is 13.1. The van der Waals surface area contributed by atoms with E-state index < -0.39 is 0 Å². The van der Waals surface area contributed by atoms with E-state index in [1.165, 1.54) is 37.1 Å². The lowest BCUT2D eigenvalue weighted by atomic mass is 10.0. The Labute approximate surface area is 115 Å². The summed E-state index contributed by atoms with van der Waals surface area (Å²) in [4.78, 5) is 2.37. The molecule has 1 fully saturated rings. The highest BCUT2D eigenvalue weighted by molar-refractivity contribution is 5.53. The molecule has 0 amide bonds. The van der Waals surface area contributed by atoms with Gasteiger partial charge in [0.05, 0.1) is 6.61 Å². The summed E-state index contributed by atoms with van der Waals surface area (Å²) in [6, 6.07) is 7.27. The van der Waals surface area contributed by atoms with Crippen molar-refractivity contribution in [3.05, 3.63) is 23.8 Å². The summed E-state index contributed by atoms with van der Waals surface area (Å²) in [5.74, 6) is 1.08. The fourth-order valence-electron chi connectivity index (χ4n) is 3.10. The average Bonchev–Trinajstić information content (AvgIpc) is 2.48. The predicted molar refractivity (Wildman–Crippen MR) is 79.2 cm³/mol. The largest absolute Gasteiger partial charge is 0.493 e. The van der Waals surface area contributed by atoms with Crippen LogP contribution in [0.3, 0.4) is 0 Å². The van der Waals surface area contributed by atoms with Crippen LogP contribution in [0.1, 0.15) is 31.2 Å². The predicted octanol–water partition coefficient (Wildman–Crippen LogP) is 2.59. The maximum atomic E-state index is 5.68. The van der Waals surface area contributed by atoms with Gasteiger partial charge in [-0.3, -0.25) is 0 Å². The lowest BCUT2D eigenvalue weighted by Gasteiger charge is -2.30. The molecule has 1 aromatic rings. The molecule has 0 aliphatic carbocycles. The van der Waals surface area contributed by atoms with Gasteiger partial charge in [0.25, 0.3) is 0 Å². The third-order valence-electron chi connectivity index (χ3n) is 4.24. The van der Waals surface area contributed by atoms with E-state index in [1.54, 1.807) is 0 Å². The van der Waals surface area contributed by atoms with Gasteiger partial charge in [0.15, 0.2) is 0 Å². The van der Waals surface area contributed by atoms with Crippen LogP contribution in [0.2, 0.25) is 0 Å². The molecule has 0 saturated carbocycles. The zero-order valence-corrected chi connectivity index (χ0v) is 11.8. The van der Waals surface area contributed by atoms with Crippen LogP contribution in [0.4, 0.5) is 5.69 Å². The third-order valence-corrected chi connectivity index (χ3v) is 4.24. The quantitative estimate of drug-likeness (QED) is 0.904. The minimum atomic E-state index is 0.644. The third kappa shape index (κ3) is 3.03. The Balaban J connectivity index is 1.67. The average molecular weight is 260 g/mol. The number of piperidine rings is 1. The molecule has 0 bridgehead atoms. The molecule has 1 unspecified atom stereocenters. The number of hydrogen-bond donors (Lipinski definition) is 1. The Morgan fingerprint density at radius 3 is 3.11 bits per heavy atom. The topological polar surface area (TPSA) is 24.5 Å². The van der Waals surface area contributed by atoms with Crippen LogP contribution in [0, 0.1) is 0 Å². The van der Waals surface area contributed by atoms with E-state index in [1.807, 2.05) is 0 Å². The maximum absolute atomic E-state index is 5.68. The molecule has 0 aromatic heterocycles. The van der Waals surface area contributed by atoms with Gasteiger partial charge in [0.2, 0.25) is 0 Å². The van der Waals surface area contributed by atoms with Crippen LogP contribution in [-0.4, -0.2) is 32.8 Å². The Kier molecular flexibility index (Phi) is 3.92. The normalized spacial score (nSPS) is 22.5. The maximum Gasteiger partial charge on any atom is 0.122 e. The van der Waals surface area contributed by atoms with E-state index in [4.69, 9.17) is 4.74 Å². The number of nitrogens with zero attached hydrogens (tertiary/aromatic N) is 1. The highest BCUT2D eigenvalue weighted by Crippen LogP contribution is 2.29. The fraction of sp³-hybridized carbons (Fsp3) is 0.625. The fourth-order valence-corrected chi connectivity index (χ4v) is 3.10. The lowest BCUT2D eigenvalue weighted by Crippen LogP contribution is -2.42. The van der Waals surface area contributed by atoms with E-state index in [0.29, 0.717) is 6.04 Å². The first kappa shape index (κ1) is 12.8. The van der Waals surface area contributed by atoms with Gasteiger partial charge in [-0.25, -0.2) is 0 Å². The molecule has 1 saturated heterocycles. The second-order valence-corrected chi connectivity index (χ2v) is 5.77. The first-order valence-electron chi connectivity index (χ1n) is 7.53. The van der Waals surface area contributed by atoms with Crippen molar-refractivity contribution >= 4 is 5.69 Å². The minimum absolute atomic E-state index is 0.644. The SMILES string of the molecule is CN(CC1CCCCN1)c1ccc2c(c1)CCCO2. The van der Waals surface area contributed by atoms with Gasteiger partial charge in [-0.15, -0.1) is 0 Å². The summed E-state index contributed by atoms with van der Waals surface area (Å²) in [6.45, 7) is 3.14. The molecule has 19 heavy (non-hydrogen) atoms. The van der Waals surface area contributed by atoms with Crippen molar-refractivity contribution in [1.29, 1.82) is 0 Å². The number of fused-ring (bicyclic) bond motifs is 1. The van der Waals surface area contributed by atoms with Gasteiger partial charge in [0, 0.05) is 25.3 Å². The monoisotopic (exact) mass is 260 g/mol.